The molecule has 0 spiro atoms. The van der Waals surface area contributed by atoms with E-state index in [9.17, 15) is 27.6 Å². The number of piperazine rings is 1. The Hall–Kier alpha value is -3.36. The summed E-state index contributed by atoms with van der Waals surface area (Å²) in [6.07, 6.45) is -4.53. The molecule has 0 atom stereocenters. The lowest BCUT2D eigenvalue weighted by molar-refractivity contribution is -0.157. The molecule has 1 heterocycles. The van der Waals surface area contributed by atoms with E-state index >= 15 is 0 Å². The highest BCUT2D eigenvalue weighted by Crippen LogP contribution is 2.30. The van der Waals surface area contributed by atoms with Gasteiger partial charge in [-0.25, -0.2) is 0 Å². The standard InChI is InChI=1S/C20H18F3N3O3/c21-20(22,23)15-7-4-8-16(11-15)24-17(27)13-26-10-9-25(18(28)19(26)29)12-14-5-2-1-3-6-14/h1-8,11H,9-10,12-13H2,(H,24,27). The molecule has 0 saturated carbocycles. The van der Waals surface area contributed by atoms with Crippen LogP contribution in [0.25, 0.3) is 0 Å². The minimum atomic E-state index is -4.53. The zero-order valence-electron chi connectivity index (χ0n) is 15.3. The molecule has 1 N–H and O–H groups in total. The first-order chi connectivity index (χ1) is 13.7. The fourth-order valence-electron chi connectivity index (χ4n) is 2.97. The fourth-order valence-corrected chi connectivity index (χ4v) is 2.97. The number of nitrogens with zero attached hydrogens (tertiary/aromatic N) is 2. The molecule has 29 heavy (non-hydrogen) atoms. The van der Waals surface area contributed by atoms with E-state index in [0.717, 1.165) is 22.6 Å². The maximum absolute atomic E-state index is 12.8. The van der Waals surface area contributed by atoms with Gasteiger partial charge in [-0.1, -0.05) is 36.4 Å². The maximum atomic E-state index is 12.8. The molecule has 6 nitrogen and oxygen atoms in total. The molecule has 152 valence electrons. The lowest BCUT2D eigenvalue weighted by atomic mass is 10.2. The second kappa shape index (κ2) is 8.34. The number of hydrogen-bond donors (Lipinski definition) is 1. The molecule has 1 aliphatic rings. The number of halogens is 3. The quantitative estimate of drug-likeness (QED) is 0.778. The topological polar surface area (TPSA) is 69.7 Å². The summed E-state index contributed by atoms with van der Waals surface area (Å²) in [6.45, 7) is 0.291. The summed E-state index contributed by atoms with van der Waals surface area (Å²) < 4.78 is 38.3. The van der Waals surface area contributed by atoms with Crippen LogP contribution in [0.15, 0.2) is 54.6 Å². The first kappa shape index (κ1) is 20.4. The van der Waals surface area contributed by atoms with E-state index in [1.165, 1.54) is 17.0 Å². The van der Waals surface area contributed by atoms with Crippen molar-refractivity contribution in [2.24, 2.45) is 0 Å². The second-order valence-corrected chi connectivity index (χ2v) is 6.57. The van der Waals surface area contributed by atoms with Crippen LogP contribution in [0, 0.1) is 0 Å². The van der Waals surface area contributed by atoms with Gasteiger partial charge in [-0.2, -0.15) is 13.2 Å². The number of carbonyl (C=O) groups is 3. The number of nitrogens with one attached hydrogen (secondary N) is 1. The van der Waals surface area contributed by atoms with Crippen LogP contribution < -0.4 is 5.32 Å². The molecule has 1 fully saturated rings. The molecule has 1 aliphatic heterocycles. The Morgan fingerprint density at radius 2 is 1.59 bits per heavy atom. The van der Waals surface area contributed by atoms with Crippen LogP contribution in [0.3, 0.4) is 0 Å². The molecular formula is C20H18F3N3O3. The Balaban J connectivity index is 1.58. The van der Waals surface area contributed by atoms with E-state index in [1.807, 2.05) is 30.3 Å². The smallest absolute Gasteiger partial charge is 0.328 e. The van der Waals surface area contributed by atoms with E-state index in [4.69, 9.17) is 0 Å². The summed E-state index contributed by atoms with van der Waals surface area (Å²) in [6, 6.07) is 13.4. The lowest BCUT2D eigenvalue weighted by Gasteiger charge is -2.33. The number of carbonyl (C=O) groups excluding carboxylic acids is 3. The first-order valence-corrected chi connectivity index (χ1v) is 8.83. The molecule has 0 bridgehead atoms. The maximum Gasteiger partial charge on any atom is 0.416 e. The largest absolute Gasteiger partial charge is 0.416 e. The van der Waals surface area contributed by atoms with Crippen molar-refractivity contribution in [3.8, 4) is 0 Å². The Morgan fingerprint density at radius 1 is 0.931 bits per heavy atom. The summed E-state index contributed by atoms with van der Waals surface area (Å²) in [7, 11) is 0. The van der Waals surface area contributed by atoms with Gasteiger partial charge in [0.2, 0.25) is 5.91 Å². The van der Waals surface area contributed by atoms with Crippen molar-refractivity contribution in [1.29, 1.82) is 0 Å². The van der Waals surface area contributed by atoms with Gasteiger partial charge < -0.3 is 15.1 Å². The molecular weight excluding hydrogens is 387 g/mol. The third-order valence-corrected chi connectivity index (χ3v) is 4.42. The van der Waals surface area contributed by atoms with E-state index in [1.54, 1.807) is 0 Å². The lowest BCUT2D eigenvalue weighted by Crippen LogP contribution is -2.55. The van der Waals surface area contributed by atoms with Crippen molar-refractivity contribution >= 4 is 23.4 Å². The van der Waals surface area contributed by atoms with Crippen molar-refractivity contribution in [1.82, 2.24) is 9.80 Å². The van der Waals surface area contributed by atoms with Gasteiger partial charge >= 0.3 is 18.0 Å². The monoisotopic (exact) mass is 405 g/mol. The van der Waals surface area contributed by atoms with Gasteiger partial charge in [-0.15, -0.1) is 0 Å². The number of benzene rings is 2. The van der Waals surface area contributed by atoms with Gasteiger partial charge in [0.25, 0.3) is 0 Å². The Bertz CT molecular complexity index is 916. The molecule has 0 radical (unpaired) electrons. The Kier molecular flexibility index (Phi) is 5.86. The molecule has 2 aromatic rings. The third-order valence-electron chi connectivity index (χ3n) is 4.42. The molecule has 0 aliphatic carbocycles. The van der Waals surface area contributed by atoms with Gasteiger partial charge in [0.1, 0.15) is 6.54 Å². The van der Waals surface area contributed by atoms with E-state index in [2.05, 4.69) is 5.32 Å². The van der Waals surface area contributed by atoms with Gasteiger partial charge in [-0.3, -0.25) is 14.4 Å². The van der Waals surface area contributed by atoms with Crippen LogP contribution >= 0.6 is 0 Å². The van der Waals surface area contributed by atoms with Crippen LogP contribution in [0.2, 0.25) is 0 Å². The zero-order chi connectivity index (χ0) is 21.0. The minimum Gasteiger partial charge on any atom is -0.328 e. The van der Waals surface area contributed by atoms with Crippen molar-refractivity contribution in [2.45, 2.75) is 12.7 Å². The fraction of sp³-hybridized carbons (Fsp3) is 0.250. The SMILES string of the molecule is O=C(CN1CCN(Cc2ccccc2)C(=O)C1=O)Nc1cccc(C(F)(F)F)c1. The van der Waals surface area contributed by atoms with Crippen LogP contribution in [0.4, 0.5) is 18.9 Å². The summed E-state index contributed by atoms with van der Waals surface area (Å²) >= 11 is 0. The first-order valence-electron chi connectivity index (χ1n) is 8.83. The molecule has 3 amide bonds. The van der Waals surface area contributed by atoms with Crippen molar-refractivity contribution in [3.05, 3.63) is 65.7 Å². The summed E-state index contributed by atoms with van der Waals surface area (Å²) in [5.74, 6) is -2.21. The Morgan fingerprint density at radius 3 is 2.28 bits per heavy atom. The normalized spacial score (nSPS) is 14.9. The minimum absolute atomic E-state index is 0.0358. The second-order valence-electron chi connectivity index (χ2n) is 6.57. The zero-order valence-corrected chi connectivity index (χ0v) is 15.3. The highest BCUT2D eigenvalue weighted by atomic mass is 19.4. The highest BCUT2D eigenvalue weighted by Gasteiger charge is 2.34. The van der Waals surface area contributed by atoms with Crippen LogP contribution in [0.1, 0.15) is 11.1 Å². The summed E-state index contributed by atoms with van der Waals surface area (Å²) in [5, 5.41) is 2.33. The molecule has 2 aromatic carbocycles. The van der Waals surface area contributed by atoms with Gasteiger partial charge in [0, 0.05) is 25.3 Å². The van der Waals surface area contributed by atoms with Crippen molar-refractivity contribution < 1.29 is 27.6 Å². The third kappa shape index (κ3) is 5.13. The Labute approximate surface area is 164 Å². The van der Waals surface area contributed by atoms with Crippen LogP contribution in [-0.2, 0) is 27.1 Å². The molecule has 0 unspecified atom stereocenters. The molecule has 1 saturated heterocycles. The van der Waals surface area contributed by atoms with E-state index < -0.39 is 36.0 Å². The van der Waals surface area contributed by atoms with Crippen molar-refractivity contribution in [3.63, 3.8) is 0 Å². The van der Waals surface area contributed by atoms with Gasteiger partial charge in [-0.05, 0) is 23.8 Å². The highest BCUT2D eigenvalue weighted by molar-refractivity contribution is 6.35. The number of amides is 3. The van der Waals surface area contributed by atoms with Gasteiger partial charge in [0.15, 0.2) is 0 Å². The molecule has 3 rings (SSSR count). The molecule has 0 aromatic heterocycles. The average Bonchev–Trinajstić information content (AvgIpc) is 2.68. The number of rotatable bonds is 5. The van der Waals surface area contributed by atoms with Crippen molar-refractivity contribution in [2.75, 3.05) is 25.0 Å². The predicted octanol–water partition coefficient (Wildman–Crippen LogP) is 2.51. The predicted molar refractivity (Wildman–Crippen MR) is 98.5 cm³/mol. The van der Waals surface area contributed by atoms with E-state index in [0.29, 0.717) is 0 Å². The summed E-state index contributed by atoms with van der Waals surface area (Å²) in [4.78, 5) is 39.3. The van der Waals surface area contributed by atoms with Gasteiger partial charge in [0.05, 0.1) is 5.56 Å². The number of hydrogen-bond acceptors (Lipinski definition) is 3. The number of alkyl halides is 3. The number of anilines is 1. The van der Waals surface area contributed by atoms with Crippen LogP contribution in [-0.4, -0.2) is 47.2 Å². The average molecular weight is 405 g/mol. The van der Waals surface area contributed by atoms with Crippen LogP contribution in [0.5, 0.6) is 0 Å². The van der Waals surface area contributed by atoms with E-state index in [-0.39, 0.29) is 25.3 Å². The summed E-state index contributed by atoms with van der Waals surface area (Å²) in [5.41, 5.74) is -0.0493. The molecule has 9 heteroatoms.